The summed E-state index contributed by atoms with van der Waals surface area (Å²) in [5.41, 5.74) is 4.50. The van der Waals surface area contributed by atoms with Gasteiger partial charge in [-0.3, -0.25) is 4.98 Å². The number of aromatic nitrogens is 5. The lowest BCUT2D eigenvalue weighted by atomic mass is 10.1. The molecule has 24 heavy (non-hydrogen) atoms. The molecule has 6 heteroatoms. The molecule has 0 saturated carbocycles. The van der Waals surface area contributed by atoms with Gasteiger partial charge in [-0.2, -0.15) is 10.2 Å². The summed E-state index contributed by atoms with van der Waals surface area (Å²) in [7, 11) is 0. The first-order chi connectivity index (χ1) is 11.8. The molecule has 118 valence electrons. The SMILES string of the molecule is Cc1ccc(-c2cc(NCc3ccccn3)nc3[nH]ccc23)nn1. The first kappa shape index (κ1) is 14.3. The molecule has 0 aliphatic heterocycles. The van der Waals surface area contributed by atoms with Crippen molar-refractivity contribution in [2.45, 2.75) is 13.5 Å². The van der Waals surface area contributed by atoms with E-state index < -0.39 is 0 Å². The van der Waals surface area contributed by atoms with E-state index >= 15 is 0 Å². The Kier molecular flexibility index (Phi) is 3.63. The monoisotopic (exact) mass is 316 g/mol. The number of fused-ring (bicyclic) bond motifs is 1. The Morgan fingerprint density at radius 1 is 1.08 bits per heavy atom. The Balaban J connectivity index is 1.71. The fraction of sp³-hybridized carbons (Fsp3) is 0.111. The molecule has 4 aromatic rings. The summed E-state index contributed by atoms with van der Waals surface area (Å²) in [6, 6.07) is 13.8. The van der Waals surface area contributed by atoms with Gasteiger partial charge >= 0.3 is 0 Å². The molecule has 0 unspecified atom stereocenters. The Morgan fingerprint density at radius 3 is 2.83 bits per heavy atom. The van der Waals surface area contributed by atoms with Crippen LogP contribution >= 0.6 is 0 Å². The van der Waals surface area contributed by atoms with Gasteiger partial charge in [0.2, 0.25) is 0 Å². The Morgan fingerprint density at radius 2 is 2.04 bits per heavy atom. The zero-order chi connectivity index (χ0) is 16.4. The molecule has 6 nitrogen and oxygen atoms in total. The van der Waals surface area contributed by atoms with Gasteiger partial charge in [-0.25, -0.2) is 4.98 Å². The van der Waals surface area contributed by atoms with Crippen molar-refractivity contribution in [3.05, 3.63) is 66.2 Å². The number of aromatic amines is 1. The van der Waals surface area contributed by atoms with E-state index in [4.69, 9.17) is 0 Å². The number of aryl methyl sites for hydroxylation is 1. The van der Waals surface area contributed by atoms with Crippen molar-refractivity contribution < 1.29 is 0 Å². The van der Waals surface area contributed by atoms with E-state index in [1.54, 1.807) is 6.20 Å². The van der Waals surface area contributed by atoms with Crippen LogP contribution in [0.25, 0.3) is 22.3 Å². The van der Waals surface area contributed by atoms with Crippen LogP contribution in [0.15, 0.2) is 54.9 Å². The lowest BCUT2D eigenvalue weighted by Crippen LogP contribution is -2.03. The average Bonchev–Trinajstić information content (AvgIpc) is 3.09. The Bertz CT molecular complexity index is 960. The van der Waals surface area contributed by atoms with Crippen LogP contribution < -0.4 is 5.32 Å². The molecule has 0 radical (unpaired) electrons. The maximum absolute atomic E-state index is 4.61. The summed E-state index contributed by atoms with van der Waals surface area (Å²) in [6.45, 7) is 2.54. The van der Waals surface area contributed by atoms with Crippen LogP contribution in [-0.2, 0) is 6.54 Å². The van der Waals surface area contributed by atoms with E-state index in [1.807, 2.05) is 55.6 Å². The number of pyridine rings is 2. The molecule has 0 saturated heterocycles. The second-order valence-corrected chi connectivity index (χ2v) is 5.53. The van der Waals surface area contributed by atoms with Crippen molar-refractivity contribution in [3.63, 3.8) is 0 Å². The highest BCUT2D eigenvalue weighted by molar-refractivity contribution is 5.93. The highest BCUT2D eigenvalue weighted by Gasteiger charge is 2.10. The molecule has 0 aliphatic rings. The normalized spacial score (nSPS) is 10.9. The van der Waals surface area contributed by atoms with Crippen LogP contribution in [-0.4, -0.2) is 25.1 Å². The summed E-state index contributed by atoms with van der Waals surface area (Å²) in [5.74, 6) is 0.771. The van der Waals surface area contributed by atoms with Gasteiger partial charge in [-0.05, 0) is 43.3 Å². The van der Waals surface area contributed by atoms with Gasteiger partial charge in [-0.1, -0.05) is 6.07 Å². The van der Waals surface area contributed by atoms with Crippen LogP contribution in [0.1, 0.15) is 11.4 Å². The van der Waals surface area contributed by atoms with Gasteiger partial charge in [0.25, 0.3) is 0 Å². The van der Waals surface area contributed by atoms with Gasteiger partial charge in [0.1, 0.15) is 11.5 Å². The fourth-order valence-corrected chi connectivity index (χ4v) is 2.57. The average molecular weight is 316 g/mol. The minimum Gasteiger partial charge on any atom is -0.364 e. The highest BCUT2D eigenvalue weighted by atomic mass is 15.1. The topological polar surface area (TPSA) is 79.4 Å². The lowest BCUT2D eigenvalue weighted by Gasteiger charge is -2.09. The molecule has 4 heterocycles. The first-order valence-electron chi connectivity index (χ1n) is 7.72. The third-order valence-corrected chi connectivity index (χ3v) is 3.78. The zero-order valence-corrected chi connectivity index (χ0v) is 13.2. The summed E-state index contributed by atoms with van der Waals surface area (Å²) in [5, 5.41) is 12.8. The second kappa shape index (κ2) is 6.08. The first-order valence-corrected chi connectivity index (χ1v) is 7.72. The number of anilines is 1. The maximum atomic E-state index is 4.61. The number of nitrogens with one attached hydrogen (secondary N) is 2. The number of H-pyrrole nitrogens is 1. The van der Waals surface area contributed by atoms with E-state index in [0.29, 0.717) is 6.54 Å². The molecule has 4 aromatic heterocycles. The molecule has 0 amide bonds. The van der Waals surface area contributed by atoms with Crippen LogP contribution in [0.4, 0.5) is 5.82 Å². The van der Waals surface area contributed by atoms with Gasteiger partial charge in [-0.15, -0.1) is 0 Å². The molecule has 0 atom stereocenters. The summed E-state index contributed by atoms with van der Waals surface area (Å²) in [6.07, 6.45) is 3.66. The molecule has 0 bridgehead atoms. The van der Waals surface area contributed by atoms with Crippen molar-refractivity contribution in [1.29, 1.82) is 0 Å². The largest absolute Gasteiger partial charge is 0.364 e. The molecular weight excluding hydrogens is 300 g/mol. The van der Waals surface area contributed by atoms with Crippen molar-refractivity contribution in [2.75, 3.05) is 5.32 Å². The molecule has 0 aromatic carbocycles. The van der Waals surface area contributed by atoms with Gasteiger partial charge in [0, 0.05) is 23.3 Å². The Labute approximate surface area is 139 Å². The minimum atomic E-state index is 0.610. The number of hydrogen-bond donors (Lipinski definition) is 2. The number of rotatable bonds is 4. The zero-order valence-electron chi connectivity index (χ0n) is 13.2. The quantitative estimate of drug-likeness (QED) is 0.603. The van der Waals surface area contributed by atoms with E-state index in [0.717, 1.165) is 39.5 Å². The van der Waals surface area contributed by atoms with Crippen LogP contribution in [0.3, 0.4) is 0 Å². The van der Waals surface area contributed by atoms with Crippen molar-refractivity contribution >= 4 is 16.9 Å². The third kappa shape index (κ3) is 2.81. The van der Waals surface area contributed by atoms with Gasteiger partial charge < -0.3 is 10.3 Å². The summed E-state index contributed by atoms with van der Waals surface area (Å²) >= 11 is 0. The standard InChI is InChI=1S/C18H16N6/c1-12-5-6-16(24-23-12)15-10-17(22-18-14(15)7-9-20-18)21-11-13-4-2-3-8-19-13/h2-10H,11H2,1H3,(H2,20,21,22). The molecule has 0 aliphatic carbocycles. The molecular formula is C18H16N6. The van der Waals surface area contributed by atoms with Gasteiger partial charge in [0.05, 0.1) is 23.6 Å². The van der Waals surface area contributed by atoms with Crippen molar-refractivity contribution in [2.24, 2.45) is 0 Å². The molecule has 4 rings (SSSR count). The predicted molar refractivity (Wildman–Crippen MR) is 93.4 cm³/mol. The number of nitrogens with zero attached hydrogens (tertiary/aromatic N) is 4. The van der Waals surface area contributed by atoms with Gasteiger partial charge in [0.15, 0.2) is 0 Å². The summed E-state index contributed by atoms with van der Waals surface area (Å²) in [4.78, 5) is 12.1. The van der Waals surface area contributed by atoms with E-state index in [9.17, 15) is 0 Å². The number of hydrogen-bond acceptors (Lipinski definition) is 5. The third-order valence-electron chi connectivity index (χ3n) is 3.78. The maximum Gasteiger partial charge on any atom is 0.140 e. The van der Waals surface area contributed by atoms with Crippen molar-refractivity contribution in [3.8, 4) is 11.3 Å². The van der Waals surface area contributed by atoms with Crippen LogP contribution in [0.2, 0.25) is 0 Å². The van der Waals surface area contributed by atoms with E-state index in [-0.39, 0.29) is 0 Å². The fourth-order valence-electron chi connectivity index (χ4n) is 2.57. The molecule has 0 fully saturated rings. The van der Waals surface area contributed by atoms with Crippen LogP contribution in [0, 0.1) is 6.92 Å². The lowest BCUT2D eigenvalue weighted by molar-refractivity contribution is 0.987. The van der Waals surface area contributed by atoms with Crippen molar-refractivity contribution in [1.82, 2.24) is 25.1 Å². The smallest absolute Gasteiger partial charge is 0.140 e. The highest BCUT2D eigenvalue weighted by Crippen LogP contribution is 2.28. The summed E-state index contributed by atoms with van der Waals surface area (Å²) < 4.78 is 0. The Hall–Kier alpha value is -3.28. The molecule has 2 N–H and O–H groups in total. The minimum absolute atomic E-state index is 0.610. The van der Waals surface area contributed by atoms with E-state index in [2.05, 4.69) is 30.5 Å². The predicted octanol–water partition coefficient (Wildman–Crippen LogP) is 3.34. The second-order valence-electron chi connectivity index (χ2n) is 5.53. The van der Waals surface area contributed by atoms with Crippen LogP contribution in [0.5, 0.6) is 0 Å². The molecule has 0 spiro atoms. The van der Waals surface area contributed by atoms with E-state index in [1.165, 1.54) is 0 Å².